The lowest BCUT2D eigenvalue weighted by molar-refractivity contribution is -0.0120. The molecule has 0 aromatic heterocycles. The van der Waals surface area contributed by atoms with E-state index in [4.69, 9.17) is 9.47 Å². The van der Waals surface area contributed by atoms with Gasteiger partial charge in [-0.05, 0) is 32.2 Å². The first-order valence-corrected chi connectivity index (χ1v) is 7.49. The van der Waals surface area contributed by atoms with Crippen molar-refractivity contribution >= 4 is 0 Å². The van der Waals surface area contributed by atoms with Gasteiger partial charge in [0.15, 0.2) is 0 Å². The average molecular weight is 272 g/mol. The maximum Gasteiger partial charge on any atom is 0.0615 e. The number of rotatable bonds is 8. The summed E-state index contributed by atoms with van der Waals surface area (Å²) in [6, 6.07) is 1.00. The Morgan fingerprint density at radius 1 is 1.26 bits per heavy atom. The van der Waals surface area contributed by atoms with Crippen LogP contribution >= 0.6 is 0 Å². The zero-order chi connectivity index (χ0) is 14.3. The molecule has 0 amide bonds. The third kappa shape index (κ3) is 5.78. The molecule has 1 N–H and O–H groups in total. The second-order valence-electron chi connectivity index (χ2n) is 6.37. The molecule has 0 bridgehead atoms. The van der Waals surface area contributed by atoms with Crippen LogP contribution in [0.3, 0.4) is 0 Å². The molecule has 1 unspecified atom stereocenters. The minimum Gasteiger partial charge on any atom is -0.383 e. The van der Waals surface area contributed by atoms with E-state index in [0.29, 0.717) is 17.5 Å². The molecule has 19 heavy (non-hydrogen) atoms. The van der Waals surface area contributed by atoms with Gasteiger partial charge < -0.3 is 19.7 Å². The summed E-state index contributed by atoms with van der Waals surface area (Å²) in [5.74, 6) is 0. The Balaban J connectivity index is 2.57. The van der Waals surface area contributed by atoms with Crippen molar-refractivity contribution < 1.29 is 9.47 Å². The van der Waals surface area contributed by atoms with E-state index in [-0.39, 0.29) is 0 Å². The molecule has 0 spiro atoms. The van der Waals surface area contributed by atoms with Crippen LogP contribution in [0.2, 0.25) is 0 Å². The first kappa shape index (κ1) is 16.9. The number of hydrogen-bond donors (Lipinski definition) is 1. The second-order valence-corrected chi connectivity index (χ2v) is 6.37. The van der Waals surface area contributed by atoms with Crippen molar-refractivity contribution in [3.8, 4) is 0 Å². The van der Waals surface area contributed by atoms with Crippen LogP contribution in [-0.2, 0) is 9.47 Å². The Labute approximate surface area is 118 Å². The standard InChI is InChI=1S/C15H32N2O2/c1-13(2)16-11-15(6-8-19-9-7-15)12-17(4)14(3)10-18-5/h13-14,16H,6-12H2,1-5H3. The maximum atomic E-state index is 5.55. The molecule has 1 heterocycles. The normalized spacial score (nSPS) is 21.0. The largest absolute Gasteiger partial charge is 0.383 e. The lowest BCUT2D eigenvalue weighted by Crippen LogP contribution is -2.50. The van der Waals surface area contributed by atoms with Gasteiger partial charge in [0.2, 0.25) is 0 Å². The molecule has 1 saturated heterocycles. The fourth-order valence-corrected chi connectivity index (χ4v) is 2.67. The van der Waals surface area contributed by atoms with Gasteiger partial charge in [0.1, 0.15) is 0 Å². The first-order chi connectivity index (χ1) is 8.99. The Kier molecular flexibility index (Phi) is 7.29. The molecule has 0 aliphatic carbocycles. The molecular formula is C15H32N2O2. The molecule has 0 aromatic rings. The van der Waals surface area contributed by atoms with Gasteiger partial charge in [0.25, 0.3) is 0 Å². The van der Waals surface area contributed by atoms with E-state index < -0.39 is 0 Å². The zero-order valence-corrected chi connectivity index (χ0v) is 13.4. The molecule has 1 fully saturated rings. The highest BCUT2D eigenvalue weighted by Gasteiger charge is 2.34. The molecule has 1 atom stereocenters. The lowest BCUT2D eigenvalue weighted by Gasteiger charge is -2.42. The number of ether oxygens (including phenoxy) is 2. The molecule has 1 aliphatic heterocycles. The minimum absolute atomic E-state index is 0.346. The molecular weight excluding hydrogens is 240 g/mol. The van der Waals surface area contributed by atoms with Crippen molar-refractivity contribution in [1.82, 2.24) is 10.2 Å². The quantitative estimate of drug-likeness (QED) is 0.730. The summed E-state index contributed by atoms with van der Waals surface area (Å²) in [4.78, 5) is 2.43. The van der Waals surface area contributed by atoms with Gasteiger partial charge in [0, 0.05) is 45.5 Å². The highest BCUT2D eigenvalue weighted by atomic mass is 16.5. The summed E-state index contributed by atoms with van der Waals surface area (Å²) in [5.41, 5.74) is 0.346. The van der Waals surface area contributed by atoms with E-state index in [9.17, 15) is 0 Å². The Morgan fingerprint density at radius 2 is 1.89 bits per heavy atom. The predicted molar refractivity (Wildman–Crippen MR) is 79.6 cm³/mol. The first-order valence-electron chi connectivity index (χ1n) is 7.49. The van der Waals surface area contributed by atoms with E-state index >= 15 is 0 Å². The van der Waals surface area contributed by atoms with Gasteiger partial charge in [-0.25, -0.2) is 0 Å². The lowest BCUT2D eigenvalue weighted by atomic mass is 9.79. The van der Waals surface area contributed by atoms with Gasteiger partial charge in [-0.15, -0.1) is 0 Å². The van der Waals surface area contributed by atoms with Crippen molar-refractivity contribution in [2.24, 2.45) is 5.41 Å². The van der Waals surface area contributed by atoms with E-state index in [2.05, 4.69) is 38.0 Å². The summed E-state index contributed by atoms with van der Waals surface area (Å²) < 4.78 is 10.8. The monoisotopic (exact) mass is 272 g/mol. The summed E-state index contributed by atoms with van der Waals surface area (Å²) in [5, 5.41) is 3.62. The highest BCUT2D eigenvalue weighted by molar-refractivity contribution is 4.88. The van der Waals surface area contributed by atoms with Crippen molar-refractivity contribution in [1.29, 1.82) is 0 Å². The van der Waals surface area contributed by atoms with Crippen LogP contribution in [0.5, 0.6) is 0 Å². The molecule has 1 aliphatic rings. The van der Waals surface area contributed by atoms with E-state index in [1.807, 2.05) is 0 Å². The van der Waals surface area contributed by atoms with Crippen LogP contribution in [0.15, 0.2) is 0 Å². The van der Waals surface area contributed by atoms with Gasteiger partial charge in [0.05, 0.1) is 6.61 Å². The van der Waals surface area contributed by atoms with Crippen LogP contribution in [-0.4, -0.2) is 64.1 Å². The molecule has 0 radical (unpaired) electrons. The number of likely N-dealkylation sites (N-methyl/N-ethyl adjacent to an activating group) is 1. The molecule has 1 rings (SSSR count). The smallest absolute Gasteiger partial charge is 0.0615 e. The summed E-state index contributed by atoms with van der Waals surface area (Å²) in [7, 11) is 3.98. The fourth-order valence-electron chi connectivity index (χ4n) is 2.67. The van der Waals surface area contributed by atoms with Crippen LogP contribution in [0.25, 0.3) is 0 Å². The van der Waals surface area contributed by atoms with Crippen LogP contribution in [0.4, 0.5) is 0 Å². The zero-order valence-electron chi connectivity index (χ0n) is 13.4. The van der Waals surface area contributed by atoms with Gasteiger partial charge in [-0.2, -0.15) is 0 Å². The van der Waals surface area contributed by atoms with E-state index in [1.54, 1.807) is 7.11 Å². The third-order valence-corrected chi connectivity index (χ3v) is 4.18. The fraction of sp³-hybridized carbons (Fsp3) is 1.00. The number of hydrogen-bond acceptors (Lipinski definition) is 4. The van der Waals surface area contributed by atoms with Gasteiger partial charge >= 0.3 is 0 Å². The molecule has 0 saturated carbocycles. The Bertz CT molecular complexity index is 240. The van der Waals surface area contributed by atoms with Crippen molar-refractivity contribution in [3.05, 3.63) is 0 Å². The molecule has 0 aromatic carbocycles. The van der Waals surface area contributed by atoms with Gasteiger partial charge in [-0.3, -0.25) is 0 Å². The predicted octanol–water partition coefficient (Wildman–Crippen LogP) is 1.75. The van der Waals surface area contributed by atoms with Crippen molar-refractivity contribution in [2.75, 3.05) is 47.1 Å². The number of methoxy groups -OCH3 is 1. The number of nitrogens with one attached hydrogen (secondary N) is 1. The van der Waals surface area contributed by atoms with Crippen molar-refractivity contribution in [3.63, 3.8) is 0 Å². The third-order valence-electron chi connectivity index (χ3n) is 4.18. The number of nitrogens with zero attached hydrogens (tertiary/aromatic N) is 1. The van der Waals surface area contributed by atoms with E-state index in [1.165, 1.54) is 0 Å². The van der Waals surface area contributed by atoms with Crippen LogP contribution < -0.4 is 5.32 Å². The van der Waals surface area contributed by atoms with Crippen molar-refractivity contribution in [2.45, 2.75) is 45.7 Å². The average Bonchev–Trinajstić information content (AvgIpc) is 2.38. The maximum absolute atomic E-state index is 5.55. The SMILES string of the molecule is COCC(C)N(C)CC1(CNC(C)C)CCOCC1. The summed E-state index contributed by atoms with van der Waals surface area (Å²) in [6.45, 7) is 11.4. The molecule has 114 valence electrons. The summed E-state index contributed by atoms with van der Waals surface area (Å²) >= 11 is 0. The van der Waals surface area contributed by atoms with Gasteiger partial charge in [-0.1, -0.05) is 13.8 Å². The topological polar surface area (TPSA) is 33.7 Å². The molecule has 4 nitrogen and oxygen atoms in total. The second kappa shape index (κ2) is 8.20. The van der Waals surface area contributed by atoms with Crippen LogP contribution in [0.1, 0.15) is 33.6 Å². The highest BCUT2D eigenvalue weighted by Crippen LogP contribution is 2.31. The Hall–Kier alpha value is -0.160. The Morgan fingerprint density at radius 3 is 2.42 bits per heavy atom. The van der Waals surface area contributed by atoms with E-state index in [0.717, 1.165) is 45.8 Å². The van der Waals surface area contributed by atoms with Crippen LogP contribution in [0, 0.1) is 5.41 Å². The molecule has 4 heteroatoms. The minimum atomic E-state index is 0.346. The summed E-state index contributed by atoms with van der Waals surface area (Å²) in [6.07, 6.45) is 2.30.